The largest absolute Gasteiger partial charge is 0.493 e. The fourth-order valence-corrected chi connectivity index (χ4v) is 3.05. The molecule has 2 rings (SSSR count). The van der Waals surface area contributed by atoms with Crippen molar-refractivity contribution in [2.24, 2.45) is 0 Å². The molecule has 2 aromatic rings. The van der Waals surface area contributed by atoms with E-state index in [9.17, 15) is 14.7 Å². The topological polar surface area (TPSA) is 84.9 Å². The Kier molecular flexibility index (Phi) is 7.49. The van der Waals surface area contributed by atoms with Crippen molar-refractivity contribution in [3.63, 3.8) is 0 Å². The Morgan fingerprint density at radius 2 is 2.00 bits per heavy atom. The van der Waals surface area contributed by atoms with Gasteiger partial charge in [-0.05, 0) is 52.4 Å². The molecule has 0 aromatic heterocycles. The van der Waals surface area contributed by atoms with E-state index in [1.54, 1.807) is 12.1 Å². The molecule has 2 aromatic carbocycles. The van der Waals surface area contributed by atoms with Crippen LogP contribution in [-0.2, 0) is 16.2 Å². The minimum absolute atomic E-state index is 0.263. The molecule has 0 aliphatic carbocycles. The van der Waals surface area contributed by atoms with Gasteiger partial charge < -0.3 is 19.9 Å². The van der Waals surface area contributed by atoms with Crippen molar-refractivity contribution in [1.29, 1.82) is 0 Å². The molecule has 0 aliphatic rings. The molecule has 0 bridgehead atoms. The second-order valence-corrected chi connectivity index (χ2v) is 7.03. The van der Waals surface area contributed by atoms with Gasteiger partial charge in [-0.15, -0.1) is 0 Å². The molecular weight excluding hydrogens is 485 g/mol. The van der Waals surface area contributed by atoms with Crippen LogP contribution < -0.4 is 14.8 Å². The zero-order valence-electron chi connectivity index (χ0n) is 14.6. The number of benzene rings is 2. The van der Waals surface area contributed by atoms with E-state index in [2.05, 4.69) is 27.9 Å². The summed E-state index contributed by atoms with van der Waals surface area (Å²) in [6.45, 7) is 1.53. The number of nitrogens with one attached hydrogen (secondary N) is 1. The second-order valence-electron chi connectivity index (χ2n) is 5.46. The van der Waals surface area contributed by atoms with E-state index in [1.807, 2.05) is 24.3 Å². The highest BCUT2D eigenvalue weighted by Crippen LogP contribution is 2.37. The summed E-state index contributed by atoms with van der Waals surface area (Å²) in [7, 11) is 1.46. The first-order chi connectivity index (χ1) is 12.8. The van der Waals surface area contributed by atoms with Crippen LogP contribution in [0.3, 0.4) is 0 Å². The summed E-state index contributed by atoms with van der Waals surface area (Å²) in [6, 6.07) is 10.9. The van der Waals surface area contributed by atoms with E-state index < -0.39 is 11.9 Å². The summed E-state index contributed by atoms with van der Waals surface area (Å²) in [5.41, 5.74) is 1.18. The normalized spacial score (nSPS) is 11.0. The Labute approximate surface area is 175 Å². The van der Waals surface area contributed by atoms with E-state index >= 15 is 0 Å². The van der Waals surface area contributed by atoms with E-state index in [0.29, 0.717) is 23.7 Å². The van der Waals surface area contributed by atoms with Gasteiger partial charge in [0, 0.05) is 16.1 Å². The molecule has 0 unspecified atom stereocenters. The zero-order valence-corrected chi connectivity index (χ0v) is 17.5. The Bertz CT molecular complexity index is 898. The van der Waals surface area contributed by atoms with E-state index in [4.69, 9.17) is 21.1 Å². The van der Waals surface area contributed by atoms with Crippen molar-refractivity contribution in [1.82, 2.24) is 5.32 Å². The zero-order chi connectivity index (χ0) is 20.0. The molecule has 142 valence electrons. The molecule has 0 saturated carbocycles. The van der Waals surface area contributed by atoms with Crippen LogP contribution in [0.15, 0.2) is 42.1 Å². The molecule has 0 saturated heterocycles. The number of carbonyl (C=O) groups excluding carboxylic acids is 1. The number of carboxylic acids is 1. The molecule has 0 spiro atoms. The van der Waals surface area contributed by atoms with Crippen LogP contribution in [0.4, 0.5) is 0 Å². The minimum atomic E-state index is -1.26. The molecule has 8 heteroatoms. The van der Waals surface area contributed by atoms with Gasteiger partial charge in [-0.3, -0.25) is 4.79 Å². The van der Waals surface area contributed by atoms with Crippen LogP contribution in [0, 0.1) is 3.57 Å². The van der Waals surface area contributed by atoms with Gasteiger partial charge in [0.05, 0.1) is 12.1 Å². The maximum atomic E-state index is 11.3. The minimum Gasteiger partial charge on any atom is -0.493 e. The Morgan fingerprint density at radius 3 is 2.59 bits per heavy atom. The molecule has 6 nitrogen and oxygen atoms in total. The van der Waals surface area contributed by atoms with Crippen LogP contribution >= 0.6 is 34.2 Å². The molecule has 0 fully saturated rings. The summed E-state index contributed by atoms with van der Waals surface area (Å²) in [4.78, 5) is 22.4. The molecule has 0 heterocycles. The van der Waals surface area contributed by atoms with Gasteiger partial charge in [0.15, 0.2) is 11.5 Å². The Morgan fingerprint density at radius 1 is 1.30 bits per heavy atom. The fraction of sp³-hybridized carbons (Fsp3) is 0.158. The highest BCUT2D eigenvalue weighted by atomic mass is 127. The quantitative estimate of drug-likeness (QED) is 0.441. The van der Waals surface area contributed by atoms with Crippen molar-refractivity contribution >= 4 is 52.1 Å². The number of aliphatic carboxylic acids is 1. The van der Waals surface area contributed by atoms with Crippen LogP contribution in [0.2, 0.25) is 5.02 Å². The lowest BCUT2D eigenvalue weighted by Gasteiger charge is -2.14. The van der Waals surface area contributed by atoms with E-state index in [0.717, 1.165) is 9.13 Å². The number of rotatable bonds is 7. The Balaban J connectivity index is 2.32. The average Bonchev–Trinajstić information content (AvgIpc) is 2.60. The lowest BCUT2D eigenvalue weighted by molar-refractivity contribution is -0.134. The first kappa shape index (κ1) is 21.0. The van der Waals surface area contributed by atoms with Crippen LogP contribution in [0.1, 0.15) is 18.1 Å². The molecule has 27 heavy (non-hydrogen) atoms. The van der Waals surface area contributed by atoms with E-state index in [1.165, 1.54) is 20.1 Å². The van der Waals surface area contributed by atoms with Gasteiger partial charge in [-0.2, -0.15) is 0 Å². The van der Waals surface area contributed by atoms with Gasteiger partial charge in [0.25, 0.3) is 0 Å². The SMILES string of the molecule is COc1cc(/C=C(/NC(C)=O)C(=O)O)cc(Cl)c1OCc1ccccc1I. The lowest BCUT2D eigenvalue weighted by atomic mass is 10.1. The second kappa shape index (κ2) is 9.61. The molecule has 1 amide bonds. The maximum Gasteiger partial charge on any atom is 0.352 e. The van der Waals surface area contributed by atoms with Crippen LogP contribution in [0.25, 0.3) is 6.08 Å². The molecule has 2 N–H and O–H groups in total. The lowest BCUT2D eigenvalue weighted by Crippen LogP contribution is -2.24. The van der Waals surface area contributed by atoms with Crippen molar-refractivity contribution in [2.75, 3.05) is 7.11 Å². The third-order valence-corrected chi connectivity index (χ3v) is 4.77. The number of hydrogen-bond acceptors (Lipinski definition) is 4. The highest BCUT2D eigenvalue weighted by molar-refractivity contribution is 14.1. The number of carboxylic acid groups (broad SMARTS) is 1. The predicted octanol–water partition coefficient (Wildman–Crippen LogP) is 4.09. The third-order valence-electron chi connectivity index (χ3n) is 3.43. The fourth-order valence-electron chi connectivity index (χ4n) is 2.24. The molecular formula is C19H17ClINO5. The smallest absolute Gasteiger partial charge is 0.352 e. The first-order valence-corrected chi connectivity index (χ1v) is 9.23. The molecule has 0 atom stereocenters. The summed E-state index contributed by atoms with van der Waals surface area (Å²) >= 11 is 8.54. The van der Waals surface area contributed by atoms with Crippen molar-refractivity contribution in [2.45, 2.75) is 13.5 Å². The van der Waals surface area contributed by atoms with Crippen LogP contribution in [0.5, 0.6) is 11.5 Å². The van der Waals surface area contributed by atoms with E-state index in [-0.39, 0.29) is 10.7 Å². The van der Waals surface area contributed by atoms with Crippen molar-refractivity contribution < 1.29 is 24.2 Å². The predicted molar refractivity (Wildman–Crippen MR) is 111 cm³/mol. The van der Waals surface area contributed by atoms with Gasteiger partial charge in [-0.1, -0.05) is 29.8 Å². The molecule has 0 aliphatic heterocycles. The number of halogens is 2. The van der Waals surface area contributed by atoms with Gasteiger partial charge in [-0.25, -0.2) is 4.79 Å². The summed E-state index contributed by atoms with van der Waals surface area (Å²) in [6.07, 6.45) is 1.29. The standard InChI is InChI=1S/C19H17ClINO5/c1-11(23)22-16(19(24)25)8-12-7-14(20)18(17(9-12)26-2)27-10-13-5-3-4-6-15(13)21/h3-9H,10H2,1-2H3,(H,22,23)(H,24,25)/b16-8+. The van der Waals surface area contributed by atoms with Crippen LogP contribution in [-0.4, -0.2) is 24.1 Å². The summed E-state index contributed by atoms with van der Waals surface area (Å²) in [5.74, 6) is -1.04. The first-order valence-electron chi connectivity index (χ1n) is 7.78. The number of amides is 1. The van der Waals surface area contributed by atoms with Gasteiger partial charge >= 0.3 is 5.97 Å². The number of carbonyl (C=O) groups is 2. The average molecular weight is 502 g/mol. The summed E-state index contributed by atoms with van der Waals surface area (Å²) in [5, 5.41) is 11.7. The highest BCUT2D eigenvalue weighted by Gasteiger charge is 2.15. The Hall–Kier alpha value is -2.26. The monoisotopic (exact) mass is 501 g/mol. The van der Waals surface area contributed by atoms with Gasteiger partial charge in [0.1, 0.15) is 12.3 Å². The number of hydrogen-bond donors (Lipinski definition) is 2. The number of methoxy groups -OCH3 is 1. The van der Waals surface area contributed by atoms with Crippen molar-refractivity contribution in [3.8, 4) is 11.5 Å². The van der Waals surface area contributed by atoms with Gasteiger partial charge in [0.2, 0.25) is 5.91 Å². The van der Waals surface area contributed by atoms with Crippen molar-refractivity contribution in [3.05, 3.63) is 61.8 Å². The molecule has 0 radical (unpaired) electrons. The third kappa shape index (κ3) is 5.86. The number of ether oxygens (including phenoxy) is 2. The maximum absolute atomic E-state index is 11.3. The summed E-state index contributed by atoms with van der Waals surface area (Å²) < 4.78 is 12.2.